The van der Waals surface area contributed by atoms with Crippen LogP contribution in [0.5, 0.6) is 0 Å². The van der Waals surface area contributed by atoms with Crippen molar-refractivity contribution in [2.24, 2.45) is 0 Å². The smallest absolute Gasteiger partial charge is 0.0948 e. The zero-order chi connectivity index (χ0) is 22.9. The summed E-state index contributed by atoms with van der Waals surface area (Å²) >= 11 is 0. The van der Waals surface area contributed by atoms with E-state index in [2.05, 4.69) is 89.3 Å². The van der Waals surface area contributed by atoms with Crippen LogP contribution in [0.25, 0.3) is 0 Å². The third-order valence-electron chi connectivity index (χ3n) is 6.64. The van der Waals surface area contributed by atoms with Crippen LogP contribution in [0.3, 0.4) is 0 Å². The lowest BCUT2D eigenvalue weighted by Gasteiger charge is -2.41. The summed E-state index contributed by atoms with van der Waals surface area (Å²) in [5.74, 6) is 0. The van der Waals surface area contributed by atoms with Gasteiger partial charge in [0, 0.05) is 74.6 Å². The van der Waals surface area contributed by atoms with Crippen molar-refractivity contribution in [2.45, 2.75) is 97.8 Å². The molecule has 2 aliphatic rings. The number of hydrogen-bond acceptors (Lipinski definition) is 3. The molecule has 5 nitrogen and oxygen atoms in total. The van der Waals surface area contributed by atoms with Gasteiger partial charge in [0.15, 0.2) is 0 Å². The van der Waals surface area contributed by atoms with E-state index in [0.29, 0.717) is 17.6 Å². The summed E-state index contributed by atoms with van der Waals surface area (Å²) in [6.07, 6.45) is 15.4. The molecule has 0 unspecified atom stereocenters. The second-order valence-corrected chi connectivity index (χ2v) is 9.89. The Kier molecular flexibility index (Phi) is 10.3. The summed E-state index contributed by atoms with van der Waals surface area (Å²) in [4.78, 5) is 9.24. The summed E-state index contributed by atoms with van der Waals surface area (Å²) in [5, 5.41) is 0. The van der Waals surface area contributed by atoms with Crippen LogP contribution in [0.1, 0.15) is 86.2 Å². The second-order valence-electron chi connectivity index (χ2n) is 9.89. The molecule has 0 saturated carbocycles. The van der Waals surface area contributed by atoms with Crippen molar-refractivity contribution in [1.82, 2.24) is 23.9 Å². The predicted molar refractivity (Wildman–Crippen MR) is 133 cm³/mol. The van der Waals surface area contributed by atoms with Crippen molar-refractivity contribution in [1.29, 1.82) is 0 Å². The van der Waals surface area contributed by atoms with Crippen LogP contribution in [0.15, 0.2) is 43.2 Å². The Bertz CT molecular complexity index is 668. The van der Waals surface area contributed by atoms with Gasteiger partial charge in [0.05, 0.1) is 6.33 Å². The van der Waals surface area contributed by atoms with Crippen molar-refractivity contribution < 1.29 is 0 Å². The molecule has 2 aromatic rings. The molecule has 31 heavy (non-hydrogen) atoms. The zero-order valence-corrected chi connectivity index (χ0v) is 21.2. The van der Waals surface area contributed by atoms with Crippen molar-refractivity contribution in [2.75, 3.05) is 26.2 Å². The van der Waals surface area contributed by atoms with E-state index in [1.54, 1.807) is 0 Å². The molecule has 0 radical (unpaired) electrons. The highest BCUT2D eigenvalue weighted by molar-refractivity contribution is 4.95. The maximum absolute atomic E-state index is 4.10. The molecule has 0 atom stereocenters. The summed E-state index contributed by atoms with van der Waals surface area (Å²) in [7, 11) is 0. The van der Waals surface area contributed by atoms with E-state index in [1.807, 2.05) is 26.4 Å². The van der Waals surface area contributed by atoms with Gasteiger partial charge in [-0.1, -0.05) is 13.8 Å². The van der Waals surface area contributed by atoms with Gasteiger partial charge in [-0.05, 0) is 72.4 Å². The number of piperidine rings is 2. The molecule has 2 fully saturated rings. The Labute approximate surface area is 191 Å². The minimum Gasteiger partial charge on any atom is -0.351 e. The number of aromatic nitrogens is 3. The van der Waals surface area contributed by atoms with Gasteiger partial charge in [-0.2, -0.15) is 0 Å². The molecule has 0 amide bonds. The summed E-state index contributed by atoms with van der Waals surface area (Å²) < 4.78 is 4.61. The average Bonchev–Trinajstić information content (AvgIpc) is 3.50. The van der Waals surface area contributed by atoms with Crippen molar-refractivity contribution in [3.8, 4) is 0 Å². The standard InChI is InChI=1S/C13H22N2.C11H19N3.C2H6/c1-13(2,3)15-10-6-12(7-11-15)14-8-4-5-9-14;1-10(2)13-6-3-11(4-7-13)14-8-5-12-9-14;1-2/h4-5,8-9,12H,6-7,10-11H2,1-3H3;5,8-11H,3-4,6-7H2,1-2H3;1-2H3. The molecule has 176 valence electrons. The predicted octanol–water partition coefficient (Wildman–Crippen LogP) is 5.88. The molecular weight excluding hydrogens is 382 g/mol. The molecule has 2 aromatic heterocycles. The lowest BCUT2D eigenvalue weighted by molar-refractivity contribution is 0.0899. The monoisotopic (exact) mass is 429 g/mol. The minimum atomic E-state index is 0.335. The van der Waals surface area contributed by atoms with Gasteiger partial charge < -0.3 is 14.0 Å². The van der Waals surface area contributed by atoms with Crippen LogP contribution in [0, 0.1) is 0 Å². The summed E-state index contributed by atoms with van der Waals surface area (Å²) in [6, 6.07) is 6.33. The van der Waals surface area contributed by atoms with E-state index in [0.717, 1.165) is 6.04 Å². The Morgan fingerprint density at radius 1 is 0.774 bits per heavy atom. The lowest BCUT2D eigenvalue weighted by Crippen LogP contribution is -2.46. The van der Waals surface area contributed by atoms with Crippen LogP contribution in [0.4, 0.5) is 0 Å². The zero-order valence-electron chi connectivity index (χ0n) is 21.2. The van der Waals surface area contributed by atoms with Crippen LogP contribution >= 0.6 is 0 Å². The van der Waals surface area contributed by atoms with Gasteiger partial charge in [-0.25, -0.2) is 4.98 Å². The Morgan fingerprint density at radius 2 is 1.29 bits per heavy atom. The first-order chi connectivity index (χ1) is 14.8. The highest BCUT2D eigenvalue weighted by atomic mass is 15.2. The molecule has 0 N–H and O–H groups in total. The quantitative estimate of drug-likeness (QED) is 0.610. The first-order valence-corrected chi connectivity index (χ1v) is 12.4. The molecule has 2 saturated heterocycles. The van der Waals surface area contributed by atoms with Gasteiger partial charge in [-0.3, -0.25) is 4.90 Å². The first kappa shape index (κ1) is 25.7. The second kappa shape index (κ2) is 12.4. The van der Waals surface area contributed by atoms with Gasteiger partial charge >= 0.3 is 0 Å². The Morgan fingerprint density at radius 3 is 1.74 bits per heavy atom. The van der Waals surface area contributed by atoms with E-state index in [1.165, 1.54) is 51.9 Å². The molecule has 4 heterocycles. The van der Waals surface area contributed by atoms with Gasteiger partial charge in [-0.15, -0.1) is 0 Å². The van der Waals surface area contributed by atoms with E-state index in [4.69, 9.17) is 0 Å². The van der Waals surface area contributed by atoms with Crippen molar-refractivity contribution >= 4 is 0 Å². The third kappa shape index (κ3) is 7.80. The van der Waals surface area contributed by atoms with Crippen LogP contribution in [0.2, 0.25) is 0 Å². The molecule has 4 rings (SSSR count). The fourth-order valence-electron chi connectivity index (χ4n) is 4.61. The van der Waals surface area contributed by atoms with Gasteiger partial charge in [0.1, 0.15) is 0 Å². The normalized spacial score (nSPS) is 19.5. The minimum absolute atomic E-state index is 0.335. The average molecular weight is 430 g/mol. The van der Waals surface area contributed by atoms with Crippen molar-refractivity contribution in [3.05, 3.63) is 43.2 Å². The van der Waals surface area contributed by atoms with Crippen LogP contribution in [-0.2, 0) is 0 Å². The molecule has 0 bridgehead atoms. The molecule has 0 aromatic carbocycles. The number of hydrogen-bond donors (Lipinski definition) is 0. The summed E-state index contributed by atoms with van der Waals surface area (Å²) in [5.41, 5.74) is 0.335. The van der Waals surface area contributed by atoms with E-state index >= 15 is 0 Å². The maximum Gasteiger partial charge on any atom is 0.0948 e. The van der Waals surface area contributed by atoms with Gasteiger partial charge in [0.25, 0.3) is 0 Å². The molecule has 0 aliphatic carbocycles. The Balaban J connectivity index is 0.000000204. The van der Waals surface area contributed by atoms with Crippen molar-refractivity contribution in [3.63, 3.8) is 0 Å². The highest BCUT2D eigenvalue weighted by Crippen LogP contribution is 2.27. The van der Waals surface area contributed by atoms with Crippen LogP contribution in [-0.4, -0.2) is 61.7 Å². The SMILES string of the molecule is CC.CC(C)(C)N1CCC(n2cccc2)CC1.CC(C)N1CCC(n2ccnc2)CC1. The van der Waals surface area contributed by atoms with E-state index in [-0.39, 0.29) is 0 Å². The third-order valence-corrected chi connectivity index (χ3v) is 6.64. The van der Waals surface area contributed by atoms with Gasteiger partial charge in [0.2, 0.25) is 0 Å². The largest absolute Gasteiger partial charge is 0.351 e. The number of likely N-dealkylation sites (tertiary alicyclic amines) is 2. The fraction of sp³-hybridized carbons (Fsp3) is 0.731. The maximum atomic E-state index is 4.10. The highest BCUT2D eigenvalue weighted by Gasteiger charge is 2.27. The van der Waals surface area contributed by atoms with E-state index in [9.17, 15) is 0 Å². The topological polar surface area (TPSA) is 29.2 Å². The number of nitrogens with zero attached hydrogens (tertiary/aromatic N) is 5. The Hall–Kier alpha value is -1.59. The van der Waals surface area contributed by atoms with E-state index < -0.39 is 0 Å². The van der Waals surface area contributed by atoms with Crippen LogP contribution < -0.4 is 0 Å². The first-order valence-electron chi connectivity index (χ1n) is 12.4. The molecule has 0 spiro atoms. The fourth-order valence-corrected chi connectivity index (χ4v) is 4.61. The summed E-state index contributed by atoms with van der Waals surface area (Å²) in [6.45, 7) is 20.4. The molecular formula is C26H47N5. The molecule has 2 aliphatic heterocycles. The lowest BCUT2D eigenvalue weighted by atomic mass is 9.98. The number of rotatable bonds is 3. The molecule has 5 heteroatoms. The number of imidazole rings is 1.